The van der Waals surface area contributed by atoms with Crippen molar-refractivity contribution in [3.8, 4) is 0 Å². The van der Waals surface area contributed by atoms with Gasteiger partial charge in [-0.15, -0.1) is 0 Å². The van der Waals surface area contributed by atoms with Gasteiger partial charge < -0.3 is 9.08 Å². The highest BCUT2D eigenvalue weighted by molar-refractivity contribution is 8.66. The molecular formula is C7H15NOS2. The third-order valence-electron chi connectivity index (χ3n) is 2.08. The van der Waals surface area contributed by atoms with E-state index in [1.54, 1.807) is 0 Å². The molecule has 4 heteroatoms. The van der Waals surface area contributed by atoms with Gasteiger partial charge in [0.15, 0.2) is 0 Å². The van der Waals surface area contributed by atoms with Crippen molar-refractivity contribution in [3.63, 3.8) is 0 Å². The van der Waals surface area contributed by atoms with Crippen LogP contribution in [-0.2, 0) is 4.18 Å². The Bertz CT molecular complexity index is 113. The van der Waals surface area contributed by atoms with Gasteiger partial charge in [0, 0.05) is 6.54 Å². The van der Waals surface area contributed by atoms with E-state index in [9.17, 15) is 0 Å². The van der Waals surface area contributed by atoms with Crippen molar-refractivity contribution in [2.75, 3.05) is 26.7 Å². The fourth-order valence-electron chi connectivity index (χ4n) is 1.54. The van der Waals surface area contributed by atoms with E-state index >= 15 is 0 Å². The van der Waals surface area contributed by atoms with Gasteiger partial charge in [-0.25, -0.2) is 0 Å². The van der Waals surface area contributed by atoms with E-state index < -0.39 is 0 Å². The van der Waals surface area contributed by atoms with Gasteiger partial charge in [-0.3, -0.25) is 0 Å². The second-order valence-electron chi connectivity index (χ2n) is 3.13. The number of piperidine rings is 1. The molecule has 0 spiro atoms. The van der Waals surface area contributed by atoms with Crippen molar-refractivity contribution < 1.29 is 4.18 Å². The fourth-order valence-corrected chi connectivity index (χ4v) is 1.97. The van der Waals surface area contributed by atoms with Crippen LogP contribution in [0.25, 0.3) is 0 Å². The summed E-state index contributed by atoms with van der Waals surface area (Å²) in [7, 11) is 2.17. The third kappa shape index (κ3) is 3.69. The molecular weight excluding hydrogens is 178 g/mol. The maximum absolute atomic E-state index is 5.18. The number of rotatable bonds is 3. The summed E-state index contributed by atoms with van der Waals surface area (Å²) < 4.78 is 5.18. The molecule has 11 heavy (non-hydrogen) atoms. The number of likely N-dealkylation sites (tertiary alicyclic amines) is 1. The van der Waals surface area contributed by atoms with Gasteiger partial charge in [0.25, 0.3) is 0 Å². The van der Waals surface area contributed by atoms with Crippen LogP contribution in [0.1, 0.15) is 12.8 Å². The van der Waals surface area contributed by atoms with Gasteiger partial charge in [-0.2, -0.15) is 0 Å². The molecule has 1 rings (SSSR count). The lowest BCUT2D eigenvalue weighted by Gasteiger charge is -2.28. The van der Waals surface area contributed by atoms with E-state index in [0.717, 1.165) is 6.61 Å². The molecule has 1 aliphatic heterocycles. The molecule has 0 bridgehead atoms. The Kier molecular flexibility index (Phi) is 4.67. The molecule has 1 heterocycles. The molecule has 0 radical (unpaired) electrons. The van der Waals surface area contributed by atoms with Crippen LogP contribution in [0.4, 0.5) is 0 Å². The number of thiol groups is 1. The largest absolute Gasteiger partial charge is 0.306 e. The molecule has 1 aliphatic rings. The van der Waals surface area contributed by atoms with Crippen LogP contribution < -0.4 is 0 Å². The highest BCUT2D eigenvalue weighted by atomic mass is 33.1. The molecule has 0 aromatic rings. The van der Waals surface area contributed by atoms with E-state index in [1.807, 2.05) is 0 Å². The normalized spacial score (nSPS) is 27.3. The molecule has 2 nitrogen and oxygen atoms in total. The van der Waals surface area contributed by atoms with Crippen molar-refractivity contribution in [1.82, 2.24) is 4.90 Å². The lowest BCUT2D eigenvalue weighted by molar-refractivity contribution is 0.163. The summed E-state index contributed by atoms with van der Waals surface area (Å²) in [4.78, 5) is 2.36. The number of hydrogen-bond donors (Lipinski definition) is 1. The van der Waals surface area contributed by atoms with E-state index in [0.29, 0.717) is 5.92 Å². The molecule has 1 saturated heterocycles. The molecule has 0 saturated carbocycles. The SMILES string of the molecule is CN1CCCC(COSS)C1. The van der Waals surface area contributed by atoms with Crippen LogP contribution in [0.3, 0.4) is 0 Å². The molecule has 0 aromatic carbocycles. The minimum Gasteiger partial charge on any atom is -0.306 e. The first kappa shape index (κ1) is 9.71. The minimum atomic E-state index is 0.716. The summed E-state index contributed by atoms with van der Waals surface area (Å²) in [6.45, 7) is 3.26. The number of hydrogen-bond acceptors (Lipinski definition) is 4. The average molecular weight is 193 g/mol. The quantitative estimate of drug-likeness (QED) is 0.417. The average Bonchev–Trinajstić information content (AvgIpc) is 2.01. The van der Waals surface area contributed by atoms with Gasteiger partial charge in [0.2, 0.25) is 0 Å². The predicted octanol–water partition coefficient (Wildman–Crippen LogP) is 1.84. The third-order valence-corrected chi connectivity index (χ3v) is 2.64. The van der Waals surface area contributed by atoms with Crippen molar-refractivity contribution in [1.29, 1.82) is 0 Å². The van der Waals surface area contributed by atoms with E-state index in [-0.39, 0.29) is 0 Å². The van der Waals surface area contributed by atoms with E-state index in [1.165, 1.54) is 37.0 Å². The Labute approximate surface area is 77.7 Å². The van der Waals surface area contributed by atoms with Gasteiger partial charge in [0.1, 0.15) is 0 Å². The topological polar surface area (TPSA) is 12.5 Å². The maximum atomic E-state index is 5.18. The Morgan fingerprint density at radius 3 is 3.18 bits per heavy atom. The van der Waals surface area contributed by atoms with Gasteiger partial charge in [-0.1, -0.05) is 11.7 Å². The summed E-state index contributed by atoms with van der Waals surface area (Å²) in [5, 5.41) is 0. The Morgan fingerprint density at radius 1 is 1.73 bits per heavy atom. The zero-order chi connectivity index (χ0) is 8.10. The minimum absolute atomic E-state index is 0.716. The smallest absolute Gasteiger partial charge is 0.0664 e. The van der Waals surface area contributed by atoms with Crippen molar-refractivity contribution in [2.24, 2.45) is 5.92 Å². The first-order chi connectivity index (χ1) is 5.33. The number of nitrogens with zero attached hydrogens (tertiary/aromatic N) is 1. The molecule has 66 valence electrons. The molecule has 0 aliphatic carbocycles. The first-order valence-corrected chi connectivity index (χ1v) is 5.74. The second kappa shape index (κ2) is 5.30. The van der Waals surface area contributed by atoms with Gasteiger partial charge >= 0.3 is 0 Å². The maximum Gasteiger partial charge on any atom is 0.0664 e. The predicted molar refractivity (Wildman–Crippen MR) is 52.8 cm³/mol. The van der Waals surface area contributed by atoms with Crippen LogP contribution in [0.15, 0.2) is 0 Å². The Balaban J connectivity index is 2.12. The summed E-state index contributed by atoms with van der Waals surface area (Å²) in [6.07, 6.45) is 2.61. The summed E-state index contributed by atoms with van der Waals surface area (Å²) >= 11 is 5.10. The van der Waals surface area contributed by atoms with Gasteiger partial charge in [0.05, 0.1) is 17.7 Å². The van der Waals surface area contributed by atoms with Crippen molar-refractivity contribution in [2.45, 2.75) is 12.8 Å². The second-order valence-corrected chi connectivity index (χ2v) is 3.96. The van der Waals surface area contributed by atoms with Crippen LogP contribution in [-0.4, -0.2) is 31.6 Å². The Morgan fingerprint density at radius 2 is 2.55 bits per heavy atom. The zero-order valence-electron chi connectivity index (χ0n) is 6.82. The van der Waals surface area contributed by atoms with Crippen molar-refractivity contribution >= 4 is 22.7 Å². The monoisotopic (exact) mass is 193 g/mol. The van der Waals surface area contributed by atoms with Gasteiger partial charge in [-0.05, 0) is 32.4 Å². The standard InChI is InChI=1S/C7H15NOS2/c1-8-4-2-3-7(5-8)6-9-11-10/h7,10H,2-6H2,1H3. The first-order valence-electron chi connectivity index (χ1n) is 3.94. The van der Waals surface area contributed by atoms with Crippen LogP contribution in [0.5, 0.6) is 0 Å². The van der Waals surface area contributed by atoms with Crippen LogP contribution in [0, 0.1) is 5.92 Å². The van der Waals surface area contributed by atoms with Crippen molar-refractivity contribution in [3.05, 3.63) is 0 Å². The lowest BCUT2D eigenvalue weighted by atomic mass is 10.00. The van der Waals surface area contributed by atoms with Crippen LogP contribution >= 0.6 is 22.7 Å². The summed E-state index contributed by atoms with van der Waals surface area (Å²) in [6, 6.07) is 0. The molecule has 0 amide bonds. The Hall–Kier alpha value is 0.620. The lowest BCUT2D eigenvalue weighted by Crippen LogP contribution is -2.33. The van der Waals surface area contributed by atoms with Crippen LogP contribution in [0.2, 0.25) is 0 Å². The molecule has 0 N–H and O–H groups in total. The molecule has 1 unspecified atom stereocenters. The molecule has 0 aromatic heterocycles. The summed E-state index contributed by atoms with van der Waals surface area (Å²) in [5.74, 6) is 0.716. The van der Waals surface area contributed by atoms with E-state index in [4.69, 9.17) is 4.18 Å². The zero-order valence-corrected chi connectivity index (χ0v) is 8.53. The fraction of sp³-hybridized carbons (Fsp3) is 1.00. The molecule has 1 fully saturated rings. The summed E-state index contributed by atoms with van der Waals surface area (Å²) in [5.41, 5.74) is 0. The highest BCUT2D eigenvalue weighted by Crippen LogP contribution is 2.18. The van der Waals surface area contributed by atoms with E-state index in [2.05, 4.69) is 23.6 Å². The molecule has 1 atom stereocenters. The highest BCUT2D eigenvalue weighted by Gasteiger charge is 2.16.